The van der Waals surface area contributed by atoms with Crippen LogP contribution in [-0.2, 0) is 4.79 Å². The highest BCUT2D eigenvalue weighted by Gasteiger charge is 2.44. The molecule has 4 N–H and O–H groups in total. The molecule has 4 atom stereocenters. The molecule has 5 rings (SSSR count). The summed E-state index contributed by atoms with van der Waals surface area (Å²) >= 11 is 0. The predicted molar refractivity (Wildman–Crippen MR) is 125 cm³/mol. The summed E-state index contributed by atoms with van der Waals surface area (Å²) in [6.07, 6.45) is 0.275. The van der Waals surface area contributed by atoms with Gasteiger partial charge in [0.15, 0.2) is 0 Å². The van der Waals surface area contributed by atoms with Crippen molar-refractivity contribution in [2.45, 2.75) is 37.5 Å². The van der Waals surface area contributed by atoms with Gasteiger partial charge in [-0.3, -0.25) is 15.1 Å². The Morgan fingerprint density at radius 2 is 1.91 bits per heavy atom. The Balaban J connectivity index is 1.34. The van der Waals surface area contributed by atoms with E-state index in [1.807, 2.05) is 7.05 Å². The van der Waals surface area contributed by atoms with Crippen molar-refractivity contribution in [2.24, 2.45) is 0 Å². The number of hydrogen-bond acceptors (Lipinski definition) is 7. The first-order chi connectivity index (χ1) is 16.0. The highest BCUT2D eigenvalue weighted by molar-refractivity contribution is 5.94. The van der Waals surface area contributed by atoms with Crippen LogP contribution in [0.1, 0.15) is 23.6 Å². The van der Waals surface area contributed by atoms with Crippen molar-refractivity contribution in [3.05, 3.63) is 59.4 Å². The summed E-state index contributed by atoms with van der Waals surface area (Å²) in [4.78, 5) is 17.3. The highest BCUT2D eigenvalue weighted by atomic mass is 19.1. The zero-order valence-electron chi connectivity index (χ0n) is 19.0. The molecule has 0 radical (unpaired) electrons. The molecule has 2 aromatic carbocycles. The number of halogens is 1. The van der Waals surface area contributed by atoms with Crippen molar-refractivity contribution in [3.8, 4) is 0 Å². The molecule has 0 saturated carbocycles. The van der Waals surface area contributed by atoms with E-state index in [0.717, 1.165) is 30.9 Å². The van der Waals surface area contributed by atoms with Crippen molar-refractivity contribution in [2.75, 3.05) is 43.2 Å². The summed E-state index contributed by atoms with van der Waals surface area (Å²) in [5.74, 6) is -0.578. The van der Waals surface area contributed by atoms with Crippen LogP contribution in [0.5, 0.6) is 0 Å². The largest absolute Gasteiger partial charge is 0.395 e. The minimum Gasteiger partial charge on any atom is -0.395 e. The van der Waals surface area contributed by atoms with E-state index in [2.05, 4.69) is 50.3 Å². The Labute approximate surface area is 193 Å². The number of amides is 1. The predicted octanol–water partition coefficient (Wildman–Crippen LogP) is 1.07. The molecule has 3 aliphatic heterocycles. The molecule has 3 heterocycles. The van der Waals surface area contributed by atoms with Gasteiger partial charge in [0.1, 0.15) is 5.82 Å². The van der Waals surface area contributed by atoms with Crippen molar-refractivity contribution in [3.63, 3.8) is 0 Å². The third-order valence-corrected chi connectivity index (χ3v) is 7.16. The van der Waals surface area contributed by atoms with Crippen molar-refractivity contribution in [1.82, 2.24) is 21.2 Å². The van der Waals surface area contributed by atoms with Crippen LogP contribution in [0.2, 0.25) is 0 Å². The van der Waals surface area contributed by atoms with Crippen molar-refractivity contribution in [1.29, 1.82) is 0 Å². The first-order valence-electron chi connectivity index (χ1n) is 11.5. The average Bonchev–Trinajstić information content (AvgIpc) is 3.22. The average molecular weight is 455 g/mol. The normalized spacial score (nSPS) is 28.3. The molecule has 3 saturated heterocycles. The third kappa shape index (κ3) is 4.11. The number of hydrogen-bond donors (Lipinski definition) is 4. The van der Waals surface area contributed by atoms with Gasteiger partial charge >= 0.3 is 0 Å². The summed E-state index contributed by atoms with van der Waals surface area (Å²) < 4.78 is 14.6. The quantitative estimate of drug-likeness (QED) is 0.550. The number of nitrogens with zero attached hydrogens (tertiary/aromatic N) is 3. The number of aliphatic hydroxyl groups is 1. The molecular formula is C24H31FN6O2. The number of benzene rings is 2. The van der Waals surface area contributed by atoms with Gasteiger partial charge in [-0.2, -0.15) is 0 Å². The van der Waals surface area contributed by atoms with Gasteiger partial charge < -0.3 is 10.0 Å². The number of hydrazine groups is 2. The van der Waals surface area contributed by atoms with Gasteiger partial charge in [-0.25, -0.2) is 20.3 Å². The molecule has 9 heteroatoms. The number of piperazine rings is 1. The minimum atomic E-state index is -0.414. The second kappa shape index (κ2) is 9.00. The second-order valence-corrected chi connectivity index (χ2v) is 9.22. The van der Waals surface area contributed by atoms with Gasteiger partial charge in [0.05, 0.1) is 30.4 Å². The van der Waals surface area contributed by atoms with Crippen LogP contribution in [0.4, 0.5) is 15.8 Å². The van der Waals surface area contributed by atoms with Gasteiger partial charge in [-0.15, -0.1) is 0 Å². The number of carbonyl (C=O) groups excluding carboxylic acids is 1. The topological polar surface area (TPSA) is 83.1 Å². The Morgan fingerprint density at radius 3 is 2.64 bits per heavy atom. The molecule has 3 aliphatic rings. The molecular weight excluding hydrogens is 423 g/mol. The standard InChI is InChI=1S/C24H31FN6O2/c1-15-4-3-5-19(25)24(15)31-21(33)12-20-23(28-31)22(27-26-20)16-6-8-17(9-7-16)30-11-10-29(2)18(13-30)14-32/h3-9,18,20,22-23,26-28,32H,10-14H2,1-2H3. The highest BCUT2D eigenvalue weighted by Crippen LogP contribution is 2.32. The van der Waals surface area contributed by atoms with E-state index in [1.165, 1.54) is 11.1 Å². The van der Waals surface area contributed by atoms with E-state index < -0.39 is 5.82 Å². The Morgan fingerprint density at radius 1 is 1.12 bits per heavy atom. The number of likely N-dealkylation sites (N-methyl/N-ethyl adjacent to an activating group) is 1. The van der Waals surface area contributed by atoms with Gasteiger partial charge in [-0.1, -0.05) is 24.3 Å². The lowest BCUT2D eigenvalue weighted by Gasteiger charge is -2.40. The number of nitrogens with one attached hydrogen (secondary N) is 3. The van der Waals surface area contributed by atoms with Crippen LogP contribution >= 0.6 is 0 Å². The Kier molecular flexibility index (Phi) is 6.07. The van der Waals surface area contributed by atoms with E-state index in [-0.39, 0.29) is 48.8 Å². The fourth-order valence-corrected chi connectivity index (χ4v) is 5.11. The van der Waals surface area contributed by atoms with E-state index in [4.69, 9.17) is 0 Å². The second-order valence-electron chi connectivity index (χ2n) is 9.22. The molecule has 0 aliphatic carbocycles. The monoisotopic (exact) mass is 454 g/mol. The van der Waals surface area contributed by atoms with Gasteiger partial charge in [0.25, 0.3) is 0 Å². The van der Waals surface area contributed by atoms with Gasteiger partial charge in [-0.05, 0) is 43.3 Å². The molecule has 0 bridgehead atoms. The molecule has 4 unspecified atom stereocenters. The van der Waals surface area contributed by atoms with E-state index in [0.29, 0.717) is 5.56 Å². The van der Waals surface area contributed by atoms with Crippen LogP contribution in [0.15, 0.2) is 42.5 Å². The van der Waals surface area contributed by atoms with Crippen LogP contribution in [0.3, 0.4) is 0 Å². The van der Waals surface area contributed by atoms with Gasteiger partial charge in [0.2, 0.25) is 5.91 Å². The Bertz CT molecular complexity index is 998. The van der Waals surface area contributed by atoms with E-state index >= 15 is 0 Å². The summed E-state index contributed by atoms with van der Waals surface area (Å²) in [6.45, 7) is 4.57. The lowest BCUT2D eigenvalue weighted by molar-refractivity contribution is -0.121. The zero-order valence-corrected chi connectivity index (χ0v) is 19.0. The van der Waals surface area contributed by atoms with Crippen LogP contribution in [0, 0.1) is 12.7 Å². The zero-order chi connectivity index (χ0) is 23.1. The lowest BCUT2D eigenvalue weighted by atomic mass is 9.93. The molecule has 33 heavy (non-hydrogen) atoms. The van der Waals surface area contributed by atoms with Crippen LogP contribution in [-0.4, -0.2) is 67.3 Å². The minimum absolute atomic E-state index is 0.0793. The van der Waals surface area contributed by atoms with E-state index in [1.54, 1.807) is 19.1 Å². The SMILES string of the molecule is Cc1cccc(F)c1N1NC2C(CC1=O)NNC2c1ccc(N2CCN(C)C(CO)C2)cc1. The fourth-order valence-electron chi connectivity index (χ4n) is 5.11. The number of aliphatic hydroxyl groups excluding tert-OH is 1. The fraction of sp³-hybridized carbons (Fsp3) is 0.458. The lowest BCUT2D eigenvalue weighted by Crippen LogP contribution is -2.60. The third-order valence-electron chi connectivity index (χ3n) is 7.16. The summed E-state index contributed by atoms with van der Waals surface area (Å²) in [6, 6.07) is 13.1. The maximum Gasteiger partial charge on any atom is 0.243 e. The maximum absolute atomic E-state index is 14.6. The number of aryl methyl sites for hydroxylation is 1. The summed E-state index contributed by atoms with van der Waals surface area (Å²) in [5, 5.41) is 11.0. The Hall–Kier alpha value is -2.56. The van der Waals surface area contributed by atoms with E-state index in [9.17, 15) is 14.3 Å². The number of para-hydroxylation sites is 1. The smallest absolute Gasteiger partial charge is 0.243 e. The number of rotatable bonds is 4. The maximum atomic E-state index is 14.6. The van der Waals surface area contributed by atoms with Crippen LogP contribution < -0.4 is 26.2 Å². The first kappa shape index (κ1) is 22.2. The molecule has 8 nitrogen and oxygen atoms in total. The molecule has 2 aromatic rings. The molecule has 176 valence electrons. The van der Waals surface area contributed by atoms with Crippen molar-refractivity contribution >= 4 is 17.3 Å². The number of anilines is 2. The van der Waals surface area contributed by atoms with Crippen LogP contribution in [0.25, 0.3) is 0 Å². The summed E-state index contributed by atoms with van der Waals surface area (Å²) in [5.41, 5.74) is 13.0. The number of fused-ring (bicyclic) bond motifs is 1. The molecule has 0 spiro atoms. The molecule has 0 aromatic heterocycles. The number of carbonyl (C=O) groups is 1. The van der Waals surface area contributed by atoms with Gasteiger partial charge in [0, 0.05) is 37.8 Å². The summed E-state index contributed by atoms with van der Waals surface area (Å²) in [7, 11) is 2.05. The first-order valence-corrected chi connectivity index (χ1v) is 11.5. The molecule has 1 amide bonds. The van der Waals surface area contributed by atoms with Crippen molar-refractivity contribution < 1.29 is 14.3 Å². The molecule has 3 fully saturated rings.